The van der Waals surface area contributed by atoms with Gasteiger partial charge in [-0.25, -0.2) is 0 Å². The number of carbonyl (C=O) groups is 1. The maximum atomic E-state index is 11.8. The van der Waals surface area contributed by atoms with Gasteiger partial charge in [-0.2, -0.15) is 0 Å². The van der Waals surface area contributed by atoms with Crippen LogP contribution in [-0.4, -0.2) is 40.4 Å². The summed E-state index contributed by atoms with van der Waals surface area (Å²) in [6.07, 6.45) is 1.80. The Morgan fingerprint density at radius 3 is 2.76 bits per heavy atom. The summed E-state index contributed by atoms with van der Waals surface area (Å²) in [5, 5.41) is 21.2. The molecule has 0 radical (unpaired) electrons. The number of aromatic nitrogens is 1. The van der Waals surface area contributed by atoms with Gasteiger partial charge in [-0.3, -0.25) is 4.79 Å². The molecule has 0 aliphatic carbocycles. The number of amides is 1. The number of aliphatic hydroxyl groups excluding tert-OH is 2. The fourth-order valence-electron chi connectivity index (χ4n) is 1.61. The van der Waals surface area contributed by atoms with E-state index in [-0.39, 0.29) is 19.1 Å². The molecule has 0 atom stereocenters. The molecule has 2 rings (SSSR count). The third-order valence-electron chi connectivity index (χ3n) is 2.59. The summed E-state index contributed by atoms with van der Waals surface area (Å²) in [6.45, 7) is -0.566. The van der Waals surface area contributed by atoms with E-state index in [1.165, 1.54) is 0 Å². The highest BCUT2D eigenvalue weighted by Gasteiger charge is 2.12. The molecule has 0 aliphatic rings. The molecule has 5 nitrogen and oxygen atoms in total. The summed E-state index contributed by atoms with van der Waals surface area (Å²) in [6, 6.07) is 6.52. The van der Waals surface area contributed by atoms with Gasteiger partial charge in [0.1, 0.15) is 0 Å². The maximum absolute atomic E-state index is 11.8. The second-order valence-corrected chi connectivity index (χ2v) is 3.82. The number of fused-ring (bicyclic) bond motifs is 1. The number of rotatable bonds is 4. The van der Waals surface area contributed by atoms with Gasteiger partial charge in [0.25, 0.3) is 5.91 Å². The van der Waals surface area contributed by atoms with Crippen LogP contribution in [0.3, 0.4) is 0 Å². The average molecular weight is 234 g/mol. The fraction of sp³-hybridized carbons (Fsp3) is 0.250. The quantitative estimate of drug-likeness (QED) is 0.611. The molecular weight excluding hydrogens is 220 g/mol. The Labute approximate surface area is 98.1 Å². The first-order valence-corrected chi connectivity index (χ1v) is 5.34. The van der Waals surface area contributed by atoms with E-state index in [1.54, 1.807) is 18.3 Å². The van der Waals surface area contributed by atoms with Crippen molar-refractivity contribution in [3.8, 4) is 0 Å². The van der Waals surface area contributed by atoms with Crippen molar-refractivity contribution < 1.29 is 15.0 Å². The first kappa shape index (κ1) is 11.6. The van der Waals surface area contributed by atoms with Gasteiger partial charge in [-0.15, -0.1) is 0 Å². The van der Waals surface area contributed by atoms with E-state index in [0.29, 0.717) is 5.56 Å². The molecule has 90 valence electrons. The molecule has 0 unspecified atom stereocenters. The van der Waals surface area contributed by atoms with Crippen LogP contribution in [0.25, 0.3) is 10.9 Å². The number of nitrogens with one attached hydrogen (secondary N) is 2. The molecule has 17 heavy (non-hydrogen) atoms. The van der Waals surface area contributed by atoms with Gasteiger partial charge in [0.15, 0.2) is 0 Å². The minimum Gasteiger partial charge on any atom is -0.394 e. The number of benzene rings is 1. The highest BCUT2D eigenvalue weighted by molar-refractivity contribution is 5.98. The summed E-state index contributed by atoms with van der Waals surface area (Å²) in [4.78, 5) is 14.8. The predicted molar refractivity (Wildman–Crippen MR) is 63.7 cm³/mol. The molecule has 0 saturated carbocycles. The van der Waals surface area contributed by atoms with E-state index in [4.69, 9.17) is 10.2 Å². The van der Waals surface area contributed by atoms with Gasteiger partial charge in [0, 0.05) is 22.7 Å². The molecule has 1 aromatic heterocycles. The molecule has 1 aromatic carbocycles. The van der Waals surface area contributed by atoms with Crippen molar-refractivity contribution in [2.45, 2.75) is 6.04 Å². The predicted octanol–water partition coefficient (Wildman–Crippen LogP) is 0.251. The van der Waals surface area contributed by atoms with Crippen molar-refractivity contribution in [1.29, 1.82) is 0 Å². The van der Waals surface area contributed by atoms with Gasteiger partial charge in [-0.1, -0.05) is 0 Å². The van der Waals surface area contributed by atoms with Gasteiger partial charge in [0.05, 0.1) is 19.3 Å². The normalized spacial score (nSPS) is 11.0. The van der Waals surface area contributed by atoms with Crippen LogP contribution in [-0.2, 0) is 0 Å². The van der Waals surface area contributed by atoms with Crippen molar-refractivity contribution in [2.24, 2.45) is 0 Å². The smallest absolute Gasteiger partial charge is 0.251 e. The van der Waals surface area contributed by atoms with Crippen molar-refractivity contribution in [3.63, 3.8) is 0 Å². The topological polar surface area (TPSA) is 85.3 Å². The van der Waals surface area contributed by atoms with Crippen LogP contribution in [0.2, 0.25) is 0 Å². The van der Waals surface area contributed by atoms with E-state index in [9.17, 15) is 4.79 Å². The fourth-order valence-corrected chi connectivity index (χ4v) is 1.61. The molecule has 0 spiro atoms. The summed E-state index contributed by atoms with van der Waals surface area (Å²) in [5.74, 6) is -0.304. The summed E-state index contributed by atoms with van der Waals surface area (Å²) >= 11 is 0. The SMILES string of the molecule is O=C(NC(CO)CO)c1ccc2[nH]ccc2c1. The Balaban J connectivity index is 2.18. The highest BCUT2D eigenvalue weighted by Crippen LogP contribution is 2.14. The van der Waals surface area contributed by atoms with Crippen molar-refractivity contribution in [1.82, 2.24) is 10.3 Å². The molecule has 5 heteroatoms. The highest BCUT2D eigenvalue weighted by atomic mass is 16.3. The Kier molecular flexibility index (Phi) is 3.41. The molecule has 0 aliphatic heterocycles. The van der Waals surface area contributed by atoms with E-state index in [0.717, 1.165) is 10.9 Å². The molecule has 0 saturated heterocycles. The molecule has 1 amide bonds. The van der Waals surface area contributed by atoms with Crippen LogP contribution in [0.4, 0.5) is 0 Å². The lowest BCUT2D eigenvalue weighted by atomic mass is 10.1. The Morgan fingerprint density at radius 1 is 1.29 bits per heavy atom. The lowest BCUT2D eigenvalue weighted by molar-refractivity contribution is 0.0879. The van der Waals surface area contributed by atoms with E-state index < -0.39 is 6.04 Å². The molecule has 2 aromatic rings. The summed E-state index contributed by atoms with van der Waals surface area (Å²) in [5.41, 5.74) is 1.46. The van der Waals surface area contributed by atoms with Crippen LogP contribution >= 0.6 is 0 Å². The van der Waals surface area contributed by atoms with Crippen LogP contribution in [0.5, 0.6) is 0 Å². The molecule has 4 N–H and O–H groups in total. The molecular formula is C12H14N2O3. The second-order valence-electron chi connectivity index (χ2n) is 3.82. The van der Waals surface area contributed by atoms with Gasteiger partial charge in [-0.05, 0) is 24.3 Å². The van der Waals surface area contributed by atoms with Crippen LogP contribution in [0.1, 0.15) is 10.4 Å². The van der Waals surface area contributed by atoms with Gasteiger partial charge < -0.3 is 20.5 Å². The zero-order valence-electron chi connectivity index (χ0n) is 9.18. The van der Waals surface area contributed by atoms with Crippen LogP contribution in [0.15, 0.2) is 30.5 Å². The van der Waals surface area contributed by atoms with E-state index in [1.807, 2.05) is 12.1 Å². The molecule has 0 fully saturated rings. The number of hydrogen-bond acceptors (Lipinski definition) is 3. The van der Waals surface area contributed by atoms with Crippen LogP contribution in [0, 0.1) is 0 Å². The van der Waals surface area contributed by atoms with Crippen molar-refractivity contribution in [3.05, 3.63) is 36.0 Å². The van der Waals surface area contributed by atoms with E-state index >= 15 is 0 Å². The largest absolute Gasteiger partial charge is 0.394 e. The number of hydrogen-bond donors (Lipinski definition) is 4. The minimum absolute atomic E-state index is 0.283. The lowest BCUT2D eigenvalue weighted by Gasteiger charge is -2.13. The second kappa shape index (κ2) is 4.99. The lowest BCUT2D eigenvalue weighted by Crippen LogP contribution is -2.40. The number of aromatic amines is 1. The molecule has 1 heterocycles. The first-order chi connectivity index (χ1) is 8.24. The standard InChI is InChI=1S/C12H14N2O3/c15-6-10(7-16)14-12(17)9-1-2-11-8(5-9)3-4-13-11/h1-5,10,13,15-16H,6-7H2,(H,14,17). The monoisotopic (exact) mass is 234 g/mol. The van der Waals surface area contributed by atoms with Crippen LogP contribution < -0.4 is 5.32 Å². The van der Waals surface area contributed by atoms with Crippen molar-refractivity contribution >= 4 is 16.8 Å². The minimum atomic E-state index is -0.621. The number of carbonyl (C=O) groups excluding carboxylic acids is 1. The Bertz CT molecular complexity index is 517. The van der Waals surface area contributed by atoms with E-state index in [2.05, 4.69) is 10.3 Å². The first-order valence-electron chi connectivity index (χ1n) is 5.34. The zero-order valence-corrected chi connectivity index (χ0v) is 9.18. The third-order valence-corrected chi connectivity index (χ3v) is 2.59. The van der Waals surface area contributed by atoms with Crippen molar-refractivity contribution in [2.75, 3.05) is 13.2 Å². The Hall–Kier alpha value is -1.85. The molecule has 0 bridgehead atoms. The van der Waals surface area contributed by atoms with Gasteiger partial charge >= 0.3 is 0 Å². The number of aliphatic hydroxyl groups is 2. The Morgan fingerprint density at radius 2 is 2.06 bits per heavy atom. The zero-order chi connectivity index (χ0) is 12.3. The number of H-pyrrole nitrogens is 1. The summed E-state index contributed by atoms with van der Waals surface area (Å²) < 4.78 is 0. The maximum Gasteiger partial charge on any atom is 0.251 e. The summed E-state index contributed by atoms with van der Waals surface area (Å²) in [7, 11) is 0. The third kappa shape index (κ3) is 2.46. The van der Waals surface area contributed by atoms with Gasteiger partial charge in [0.2, 0.25) is 0 Å². The average Bonchev–Trinajstić information content (AvgIpc) is 2.82.